The molecule has 1 unspecified atom stereocenters. The van der Waals surface area contributed by atoms with Crippen LogP contribution in [0.3, 0.4) is 0 Å². The molecule has 1 heterocycles. The minimum Gasteiger partial charge on any atom is -0.497 e. The molecule has 1 aromatic heterocycles. The van der Waals surface area contributed by atoms with E-state index >= 15 is 0 Å². The molecule has 0 aliphatic heterocycles. The number of nitrogens with zero attached hydrogens (tertiary/aromatic N) is 1. The van der Waals surface area contributed by atoms with Crippen LogP contribution in [0, 0.1) is 6.92 Å². The second-order valence-corrected chi connectivity index (χ2v) is 5.14. The fraction of sp³-hybridized carbons (Fsp3) is 0.353. The molecule has 0 saturated carbocycles. The zero-order valence-corrected chi connectivity index (χ0v) is 13.3. The van der Waals surface area contributed by atoms with Crippen LogP contribution in [-0.2, 0) is 11.3 Å². The van der Waals surface area contributed by atoms with Crippen molar-refractivity contribution in [2.75, 3.05) is 14.2 Å². The fourth-order valence-electron chi connectivity index (χ4n) is 2.10. The summed E-state index contributed by atoms with van der Waals surface area (Å²) in [5, 5.41) is 0. The van der Waals surface area contributed by atoms with Gasteiger partial charge in [0.15, 0.2) is 6.10 Å². The average Bonchev–Trinajstić information content (AvgIpc) is 2.92. The van der Waals surface area contributed by atoms with Crippen molar-refractivity contribution in [2.45, 2.75) is 26.5 Å². The molecular weight excluding hydrogens is 282 g/mol. The van der Waals surface area contributed by atoms with Gasteiger partial charge in [-0.2, -0.15) is 0 Å². The Morgan fingerprint density at radius 2 is 1.82 bits per heavy atom. The van der Waals surface area contributed by atoms with E-state index in [0.717, 1.165) is 17.3 Å². The van der Waals surface area contributed by atoms with E-state index in [9.17, 15) is 4.79 Å². The highest BCUT2D eigenvalue weighted by Crippen LogP contribution is 2.19. The minimum atomic E-state index is -0.575. The van der Waals surface area contributed by atoms with Gasteiger partial charge in [-0.3, -0.25) is 4.79 Å². The SMILES string of the molecule is COc1ccc(OC(C)C(=O)N(C)Cc2ccc(C)o2)cc1. The number of benzene rings is 1. The van der Waals surface area contributed by atoms with Gasteiger partial charge in [-0.05, 0) is 50.2 Å². The third kappa shape index (κ3) is 4.04. The molecule has 1 amide bonds. The van der Waals surface area contributed by atoms with E-state index in [1.165, 1.54) is 0 Å². The van der Waals surface area contributed by atoms with E-state index < -0.39 is 6.10 Å². The molecule has 0 aliphatic rings. The summed E-state index contributed by atoms with van der Waals surface area (Å²) in [5.74, 6) is 2.86. The smallest absolute Gasteiger partial charge is 0.263 e. The van der Waals surface area contributed by atoms with E-state index in [0.29, 0.717) is 12.3 Å². The molecule has 5 heteroatoms. The molecule has 0 saturated heterocycles. The number of aryl methyl sites for hydroxylation is 1. The van der Waals surface area contributed by atoms with Gasteiger partial charge >= 0.3 is 0 Å². The number of ether oxygens (including phenoxy) is 2. The largest absolute Gasteiger partial charge is 0.497 e. The van der Waals surface area contributed by atoms with Crippen LogP contribution in [-0.4, -0.2) is 31.1 Å². The molecule has 118 valence electrons. The highest BCUT2D eigenvalue weighted by Gasteiger charge is 2.20. The topological polar surface area (TPSA) is 51.9 Å². The van der Waals surface area contributed by atoms with Crippen LogP contribution in [0.15, 0.2) is 40.8 Å². The summed E-state index contributed by atoms with van der Waals surface area (Å²) in [5.41, 5.74) is 0. The third-order valence-electron chi connectivity index (χ3n) is 3.29. The monoisotopic (exact) mass is 303 g/mol. The van der Waals surface area contributed by atoms with Gasteiger partial charge in [-0.1, -0.05) is 0 Å². The van der Waals surface area contributed by atoms with Crippen molar-refractivity contribution < 1.29 is 18.7 Å². The second-order valence-electron chi connectivity index (χ2n) is 5.14. The van der Waals surface area contributed by atoms with Gasteiger partial charge in [0.25, 0.3) is 5.91 Å². The normalized spacial score (nSPS) is 11.8. The van der Waals surface area contributed by atoms with Gasteiger partial charge in [-0.15, -0.1) is 0 Å². The lowest BCUT2D eigenvalue weighted by molar-refractivity contribution is -0.137. The lowest BCUT2D eigenvalue weighted by atomic mass is 10.3. The molecule has 2 aromatic rings. The number of furan rings is 1. The molecule has 0 aliphatic carbocycles. The molecule has 0 N–H and O–H groups in total. The minimum absolute atomic E-state index is 0.107. The zero-order valence-electron chi connectivity index (χ0n) is 13.3. The highest BCUT2D eigenvalue weighted by atomic mass is 16.5. The maximum atomic E-state index is 12.3. The van der Waals surface area contributed by atoms with Gasteiger partial charge in [0, 0.05) is 7.05 Å². The molecule has 0 fully saturated rings. The van der Waals surface area contributed by atoms with Crippen LogP contribution in [0.25, 0.3) is 0 Å². The first-order valence-corrected chi connectivity index (χ1v) is 7.10. The maximum absolute atomic E-state index is 12.3. The van der Waals surface area contributed by atoms with Crippen molar-refractivity contribution in [3.8, 4) is 11.5 Å². The van der Waals surface area contributed by atoms with Gasteiger partial charge in [0.05, 0.1) is 13.7 Å². The van der Waals surface area contributed by atoms with Crippen LogP contribution in [0.2, 0.25) is 0 Å². The summed E-state index contributed by atoms with van der Waals surface area (Å²) >= 11 is 0. The molecule has 1 atom stereocenters. The van der Waals surface area contributed by atoms with E-state index in [1.54, 1.807) is 50.2 Å². The first-order chi connectivity index (χ1) is 10.5. The van der Waals surface area contributed by atoms with E-state index in [2.05, 4.69) is 0 Å². The van der Waals surface area contributed by atoms with Crippen molar-refractivity contribution in [3.05, 3.63) is 47.9 Å². The Labute approximate surface area is 130 Å². The summed E-state index contributed by atoms with van der Waals surface area (Å²) in [6.07, 6.45) is -0.575. The Hall–Kier alpha value is -2.43. The number of methoxy groups -OCH3 is 1. The zero-order chi connectivity index (χ0) is 16.1. The summed E-state index contributed by atoms with van der Waals surface area (Å²) in [4.78, 5) is 13.9. The fourth-order valence-corrected chi connectivity index (χ4v) is 2.10. The predicted molar refractivity (Wildman–Crippen MR) is 83.0 cm³/mol. The maximum Gasteiger partial charge on any atom is 0.263 e. The Morgan fingerprint density at radius 1 is 1.18 bits per heavy atom. The number of rotatable bonds is 6. The summed E-state index contributed by atoms with van der Waals surface area (Å²) in [6, 6.07) is 10.9. The van der Waals surface area contributed by atoms with Crippen LogP contribution in [0.4, 0.5) is 0 Å². The van der Waals surface area contributed by atoms with Crippen LogP contribution >= 0.6 is 0 Å². The van der Waals surface area contributed by atoms with Gasteiger partial charge in [0.2, 0.25) is 0 Å². The van der Waals surface area contributed by atoms with Crippen molar-refractivity contribution >= 4 is 5.91 Å². The first kappa shape index (κ1) is 15.9. The van der Waals surface area contributed by atoms with Gasteiger partial charge in [-0.25, -0.2) is 0 Å². The Balaban J connectivity index is 1.92. The molecule has 0 spiro atoms. The predicted octanol–water partition coefficient (Wildman–Crippen LogP) is 3.02. The molecule has 2 rings (SSSR count). The lowest BCUT2D eigenvalue weighted by Gasteiger charge is -2.21. The number of carbonyl (C=O) groups is 1. The van der Waals surface area contributed by atoms with Gasteiger partial charge < -0.3 is 18.8 Å². The summed E-state index contributed by atoms with van der Waals surface area (Å²) < 4.78 is 16.2. The molecule has 1 aromatic carbocycles. The third-order valence-corrected chi connectivity index (χ3v) is 3.29. The van der Waals surface area contributed by atoms with Crippen molar-refractivity contribution in [2.24, 2.45) is 0 Å². The van der Waals surface area contributed by atoms with E-state index in [4.69, 9.17) is 13.9 Å². The van der Waals surface area contributed by atoms with E-state index in [-0.39, 0.29) is 5.91 Å². The number of hydrogen-bond donors (Lipinski definition) is 0. The average molecular weight is 303 g/mol. The molecule has 0 radical (unpaired) electrons. The quantitative estimate of drug-likeness (QED) is 0.823. The second kappa shape index (κ2) is 7.02. The first-order valence-electron chi connectivity index (χ1n) is 7.10. The molecular formula is C17H21NO4. The van der Waals surface area contributed by atoms with Crippen LogP contribution in [0.1, 0.15) is 18.4 Å². The number of hydrogen-bond acceptors (Lipinski definition) is 4. The van der Waals surface area contributed by atoms with E-state index in [1.807, 2.05) is 19.1 Å². The highest BCUT2D eigenvalue weighted by molar-refractivity contribution is 5.80. The molecule has 22 heavy (non-hydrogen) atoms. The molecule has 0 bridgehead atoms. The van der Waals surface area contributed by atoms with Gasteiger partial charge in [0.1, 0.15) is 23.0 Å². The lowest BCUT2D eigenvalue weighted by Crippen LogP contribution is -2.37. The number of amides is 1. The van der Waals surface area contributed by atoms with Crippen molar-refractivity contribution in [1.82, 2.24) is 4.90 Å². The number of carbonyl (C=O) groups excluding carboxylic acids is 1. The van der Waals surface area contributed by atoms with Crippen molar-refractivity contribution in [3.63, 3.8) is 0 Å². The Bertz CT molecular complexity index is 618. The molecule has 5 nitrogen and oxygen atoms in total. The van der Waals surface area contributed by atoms with Crippen molar-refractivity contribution in [1.29, 1.82) is 0 Å². The van der Waals surface area contributed by atoms with Crippen LogP contribution < -0.4 is 9.47 Å². The summed E-state index contributed by atoms with van der Waals surface area (Å²) in [6.45, 7) is 4.03. The Morgan fingerprint density at radius 3 is 2.36 bits per heavy atom. The van der Waals surface area contributed by atoms with Crippen LogP contribution in [0.5, 0.6) is 11.5 Å². The Kier molecular flexibility index (Phi) is 5.09. The number of likely N-dealkylation sites (N-methyl/N-ethyl adjacent to an activating group) is 1. The standard InChI is InChI=1S/C17H21NO4/c1-12-5-6-16(21-12)11-18(3)17(19)13(2)22-15-9-7-14(20-4)8-10-15/h5-10,13H,11H2,1-4H3. The summed E-state index contributed by atoms with van der Waals surface area (Å²) in [7, 11) is 3.33.